The number of hydrogen-bond donors (Lipinski definition) is 1. The topological polar surface area (TPSA) is 66.6 Å². The van der Waals surface area contributed by atoms with Gasteiger partial charge in [-0.1, -0.05) is 34.4 Å². The summed E-state index contributed by atoms with van der Waals surface area (Å²) in [5, 5.41) is 13.7. The van der Waals surface area contributed by atoms with Gasteiger partial charge < -0.3 is 14.5 Å². The number of benzene rings is 1. The number of nitrogens with zero attached hydrogens (tertiary/aromatic N) is 2. The lowest BCUT2D eigenvalue weighted by molar-refractivity contribution is 0.0697. The number of amides is 1. The maximum atomic E-state index is 12.3. The van der Waals surface area contributed by atoms with Crippen LogP contribution < -0.4 is 0 Å². The number of aryl methyl sites for hydroxylation is 1. The van der Waals surface area contributed by atoms with Crippen molar-refractivity contribution in [2.24, 2.45) is 0 Å². The van der Waals surface area contributed by atoms with Crippen LogP contribution in [0.4, 0.5) is 0 Å². The molecule has 0 unspecified atom stereocenters. The van der Waals surface area contributed by atoms with Crippen molar-refractivity contribution in [1.29, 1.82) is 0 Å². The van der Waals surface area contributed by atoms with Crippen LogP contribution in [-0.4, -0.2) is 34.2 Å². The summed E-state index contributed by atoms with van der Waals surface area (Å²) in [7, 11) is 0. The minimum absolute atomic E-state index is 0.149. The van der Waals surface area contributed by atoms with E-state index >= 15 is 0 Å². The van der Waals surface area contributed by atoms with Gasteiger partial charge in [0.05, 0.1) is 16.7 Å². The Morgan fingerprint density at radius 1 is 1.33 bits per heavy atom. The summed E-state index contributed by atoms with van der Waals surface area (Å²) in [6.07, 6.45) is 0. The van der Waals surface area contributed by atoms with Crippen molar-refractivity contribution in [3.8, 4) is 0 Å². The van der Waals surface area contributed by atoms with Gasteiger partial charge in [-0.05, 0) is 24.6 Å². The number of hydrogen-bond acceptors (Lipinski definition) is 4. The molecule has 2 aromatic rings. The van der Waals surface area contributed by atoms with E-state index in [0.717, 1.165) is 5.56 Å². The highest BCUT2D eigenvalue weighted by Crippen LogP contribution is 2.23. The van der Waals surface area contributed by atoms with Crippen LogP contribution in [0.1, 0.15) is 21.8 Å². The van der Waals surface area contributed by atoms with E-state index in [1.807, 2.05) is 0 Å². The minimum atomic E-state index is -0.313. The Hall–Kier alpha value is -1.56. The van der Waals surface area contributed by atoms with Crippen LogP contribution in [0.2, 0.25) is 10.0 Å². The third-order valence-electron chi connectivity index (χ3n) is 2.86. The molecule has 0 spiro atoms. The van der Waals surface area contributed by atoms with Crippen LogP contribution in [0, 0.1) is 6.92 Å². The monoisotopic (exact) mass is 328 g/mol. The van der Waals surface area contributed by atoms with Crippen molar-refractivity contribution in [2.75, 3.05) is 13.2 Å². The number of aliphatic hydroxyl groups is 1. The first-order valence-corrected chi connectivity index (χ1v) is 7.04. The minimum Gasteiger partial charge on any atom is -0.395 e. The average molecular weight is 329 g/mol. The SMILES string of the molecule is Cc1cc(C(=O)N(CCO)Cc2ccc(Cl)c(Cl)c2)no1. The maximum Gasteiger partial charge on any atom is 0.276 e. The molecule has 0 aliphatic carbocycles. The first-order valence-electron chi connectivity index (χ1n) is 6.28. The lowest BCUT2D eigenvalue weighted by atomic mass is 10.2. The van der Waals surface area contributed by atoms with E-state index in [1.54, 1.807) is 31.2 Å². The summed E-state index contributed by atoms with van der Waals surface area (Å²) in [6.45, 7) is 2.04. The summed E-state index contributed by atoms with van der Waals surface area (Å²) in [6, 6.07) is 6.69. The molecular formula is C14H14Cl2N2O3. The highest BCUT2D eigenvalue weighted by atomic mass is 35.5. The predicted octanol–water partition coefficient (Wildman–Crippen LogP) is 2.92. The molecule has 2 rings (SSSR count). The molecule has 1 N–H and O–H groups in total. The van der Waals surface area contributed by atoms with Gasteiger partial charge in [0.2, 0.25) is 0 Å². The average Bonchev–Trinajstić information content (AvgIpc) is 2.88. The fourth-order valence-electron chi connectivity index (χ4n) is 1.86. The van der Waals surface area contributed by atoms with Crippen molar-refractivity contribution in [2.45, 2.75) is 13.5 Å². The van der Waals surface area contributed by atoms with E-state index in [2.05, 4.69) is 5.16 Å². The van der Waals surface area contributed by atoms with Gasteiger partial charge in [0, 0.05) is 19.2 Å². The molecule has 0 saturated heterocycles. The molecule has 0 fully saturated rings. The molecule has 0 bridgehead atoms. The van der Waals surface area contributed by atoms with Crippen molar-refractivity contribution < 1.29 is 14.4 Å². The quantitative estimate of drug-likeness (QED) is 0.916. The molecule has 5 nitrogen and oxygen atoms in total. The summed E-state index contributed by atoms with van der Waals surface area (Å²) in [5.41, 5.74) is 1.02. The molecule has 0 aliphatic heterocycles. The molecule has 0 radical (unpaired) electrons. The Morgan fingerprint density at radius 3 is 2.67 bits per heavy atom. The van der Waals surface area contributed by atoms with Crippen LogP contribution in [0.5, 0.6) is 0 Å². The van der Waals surface area contributed by atoms with E-state index in [-0.39, 0.29) is 24.8 Å². The number of carbonyl (C=O) groups is 1. The largest absolute Gasteiger partial charge is 0.395 e. The number of carbonyl (C=O) groups excluding carboxylic acids is 1. The second kappa shape index (κ2) is 6.93. The number of aliphatic hydroxyl groups excluding tert-OH is 1. The Kier molecular flexibility index (Phi) is 5.22. The van der Waals surface area contributed by atoms with Gasteiger partial charge in [0.1, 0.15) is 5.76 Å². The van der Waals surface area contributed by atoms with E-state index in [0.29, 0.717) is 22.4 Å². The Balaban J connectivity index is 2.18. The second-order valence-corrected chi connectivity index (χ2v) is 5.34. The summed E-state index contributed by atoms with van der Waals surface area (Å²) < 4.78 is 4.90. The normalized spacial score (nSPS) is 10.7. The maximum absolute atomic E-state index is 12.3. The van der Waals surface area contributed by atoms with Gasteiger partial charge in [-0.25, -0.2) is 0 Å². The van der Waals surface area contributed by atoms with E-state index in [9.17, 15) is 4.79 Å². The van der Waals surface area contributed by atoms with Gasteiger partial charge in [-0.3, -0.25) is 4.79 Å². The lowest BCUT2D eigenvalue weighted by Gasteiger charge is -2.20. The summed E-state index contributed by atoms with van der Waals surface area (Å²) in [4.78, 5) is 13.8. The Labute approximate surface area is 132 Å². The van der Waals surface area contributed by atoms with Crippen molar-refractivity contribution in [3.63, 3.8) is 0 Å². The van der Waals surface area contributed by atoms with Crippen molar-refractivity contribution in [1.82, 2.24) is 10.1 Å². The molecule has 0 saturated carbocycles. The molecule has 112 valence electrons. The van der Waals surface area contributed by atoms with Crippen molar-refractivity contribution >= 4 is 29.1 Å². The van der Waals surface area contributed by atoms with Gasteiger partial charge in [0.15, 0.2) is 5.69 Å². The lowest BCUT2D eigenvalue weighted by Crippen LogP contribution is -2.33. The first-order chi connectivity index (χ1) is 10.0. The van der Waals surface area contributed by atoms with Crippen LogP contribution in [0.3, 0.4) is 0 Å². The number of halogens is 2. The smallest absolute Gasteiger partial charge is 0.276 e. The Bertz CT molecular complexity index is 643. The fraction of sp³-hybridized carbons (Fsp3) is 0.286. The predicted molar refractivity (Wildman–Crippen MR) is 79.5 cm³/mol. The molecule has 1 heterocycles. The van der Waals surface area contributed by atoms with E-state index < -0.39 is 0 Å². The third-order valence-corrected chi connectivity index (χ3v) is 3.60. The molecule has 1 amide bonds. The van der Waals surface area contributed by atoms with Gasteiger partial charge in [0.25, 0.3) is 5.91 Å². The van der Waals surface area contributed by atoms with Gasteiger partial charge in [-0.15, -0.1) is 0 Å². The van der Waals surface area contributed by atoms with Crippen molar-refractivity contribution in [3.05, 3.63) is 51.3 Å². The fourth-order valence-corrected chi connectivity index (χ4v) is 2.18. The third kappa shape index (κ3) is 3.97. The summed E-state index contributed by atoms with van der Waals surface area (Å²) >= 11 is 11.8. The van der Waals surface area contributed by atoms with Crippen LogP contribution >= 0.6 is 23.2 Å². The molecule has 7 heteroatoms. The summed E-state index contributed by atoms with van der Waals surface area (Å²) in [5.74, 6) is 0.240. The van der Waals surface area contributed by atoms with E-state index in [4.69, 9.17) is 32.8 Å². The molecule has 21 heavy (non-hydrogen) atoms. The highest BCUT2D eigenvalue weighted by molar-refractivity contribution is 6.42. The number of aromatic nitrogens is 1. The zero-order chi connectivity index (χ0) is 15.4. The van der Waals surface area contributed by atoms with Crippen LogP contribution in [0.25, 0.3) is 0 Å². The van der Waals surface area contributed by atoms with Crippen LogP contribution in [0.15, 0.2) is 28.8 Å². The standard InChI is InChI=1S/C14H14Cl2N2O3/c1-9-6-13(17-21-9)14(20)18(4-5-19)8-10-2-3-11(15)12(16)7-10/h2-3,6-7,19H,4-5,8H2,1H3. The molecule has 1 aromatic carbocycles. The molecular weight excluding hydrogens is 315 g/mol. The molecule has 0 aliphatic rings. The zero-order valence-electron chi connectivity index (χ0n) is 11.3. The highest BCUT2D eigenvalue weighted by Gasteiger charge is 2.19. The molecule has 0 atom stereocenters. The first kappa shape index (κ1) is 15.8. The zero-order valence-corrected chi connectivity index (χ0v) is 12.9. The van der Waals surface area contributed by atoms with E-state index in [1.165, 1.54) is 4.90 Å². The van der Waals surface area contributed by atoms with Gasteiger partial charge in [-0.2, -0.15) is 0 Å². The second-order valence-electron chi connectivity index (χ2n) is 4.52. The number of rotatable bonds is 5. The van der Waals surface area contributed by atoms with Gasteiger partial charge >= 0.3 is 0 Å². The Morgan fingerprint density at radius 2 is 2.10 bits per heavy atom. The van der Waals surface area contributed by atoms with Crippen LogP contribution in [-0.2, 0) is 6.54 Å². The molecule has 1 aromatic heterocycles.